The molecule has 0 spiro atoms. The molecule has 2 aromatic rings. The van der Waals surface area contributed by atoms with Crippen LogP contribution in [0.2, 0.25) is 0 Å². The van der Waals surface area contributed by atoms with Crippen LogP contribution >= 0.6 is 0 Å². The third-order valence-electron chi connectivity index (χ3n) is 3.96. The van der Waals surface area contributed by atoms with Crippen molar-refractivity contribution in [1.82, 2.24) is 19.5 Å². The van der Waals surface area contributed by atoms with Crippen molar-refractivity contribution >= 4 is 11.6 Å². The van der Waals surface area contributed by atoms with Crippen LogP contribution in [0, 0.1) is 0 Å². The van der Waals surface area contributed by atoms with Crippen LogP contribution in [-0.2, 0) is 6.42 Å². The Morgan fingerprint density at radius 2 is 2.40 bits per heavy atom. The second-order valence-corrected chi connectivity index (χ2v) is 5.15. The van der Waals surface area contributed by atoms with Gasteiger partial charge in [0.25, 0.3) is 0 Å². The van der Waals surface area contributed by atoms with Gasteiger partial charge in [-0.1, -0.05) is 6.92 Å². The lowest BCUT2D eigenvalue weighted by Crippen LogP contribution is -2.31. The summed E-state index contributed by atoms with van der Waals surface area (Å²) in [6.07, 6.45) is 4.90. The summed E-state index contributed by atoms with van der Waals surface area (Å²) in [6, 6.07) is 3.72. The number of fused-ring (bicyclic) bond motifs is 1. The summed E-state index contributed by atoms with van der Waals surface area (Å²) in [4.78, 5) is 18.0. The number of aromatic carboxylic acids is 1. The first-order valence-electron chi connectivity index (χ1n) is 7.00. The molecule has 0 bridgehead atoms. The van der Waals surface area contributed by atoms with Gasteiger partial charge in [0.15, 0.2) is 11.5 Å². The van der Waals surface area contributed by atoms with E-state index < -0.39 is 5.97 Å². The maximum Gasteiger partial charge on any atom is 0.339 e. The molecular formula is C14H18N4O2. The van der Waals surface area contributed by atoms with Crippen molar-refractivity contribution in [3.8, 4) is 0 Å². The fourth-order valence-electron chi connectivity index (χ4n) is 2.96. The summed E-state index contributed by atoms with van der Waals surface area (Å²) in [7, 11) is 0. The van der Waals surface area contributed by atoms with E-state index in [-0.39, 0.29) is 5.56 Å². The molecule has 0 aromatic carbocycles. The molecule has 0 saturated carbocycles. The molecule has 1 aliphatic rings. The van der Waals surface area contributed by atoms with Crippen molar-refractivity contribution in [2.45, 2.75) is 32.2 Å². The number of nitrogens with zero attached hydrogens (tertiary/aromatic N) is 4. The zero-order valence-electron chi connectivity index (χ0n) is 11.5. The molecule has 1 aliphatic heterocycles. The second-order valence-electron chi connectivity index (χ2n) is 5.15. The van der Waals surface area contributed by atoms with Crippen LogP contribution in [0.3, 0.4) is 0 Å². The molecule has 1 N–H and O–H groups in total. The average Bonchev–Trinajstić information content (AvgIpc) is 3.03. The largest absolute Gasteiger partial charge is 0.478 e. The van der Waals surface area contributed by atoms with E-state index in [0.29, 0.717) is 11.7 Å². The third kappa shape index (κ3) is 2.27. The van der Waals surface area contributed by atoms with Crippen molar-refractivity contribution in [2.24, 2.45) is 0 Å². The summed E-state index contributed by atoms with van der Waals surface area (Å²) in [5, 5.41) is 13.6. The Balaban J connectivity index is 1.89. The highest BCUT2D eigenvalue weighted by Crippen LogP contribution is 2.20. The average molecular weight is 274 g/mol. The van der Waals surface area contributed by atoms with Crippen LogP contribution in [0.4, 0.5) is 0 Å². The summed E-state index contributed by atoms with van der Waals surface area (Å²) in [6.45, 7) is 4.34. The van der Waals surface area contributed by atoms with Gasteiger partial charge in [-0.15, -0.1) is 0 Å². The highest BCUT2D eigenvalue weighted by molar-refractivity contribution is 5.94. The summed E-state index contributed by atoms with van der Waals surface area (Å²) >= 11 is 0. The number of aromatic nitrogens is 3. The van der Waals surface area contributed by atoms with Gasteiger partial charge in [-0.25, -0.2) is 14.3 Å². The molecule has 1 fully saturated rings. The maximum atomic E-state index is 11.2. The van der Waals surface area contributed by atoms with Crippen LogP contribution < -0.4 is 0 Å². The maximum absolute atomic E-state index is 11.2. The highest BCUT2D eigenvalue weighted by Gasteiger charge is 2.25. The van der Waals surface area contributed by atoms with E-state index >= 15 is 0 Å². The molecule has 6 heteroatoms. The fourth-order valence-corrected chi connectivity index (χ4v) is 2.96. The number of pyridine rings is 1. The van der Waals surface area contributed by atoms with Crippen LogP contribution in [0.1, 0.15) is 35.9 Å². The van der Waals surface area contributed by atoms with Gasteiger partial charge in [0.05, 0.1) is 0 Å². The van der Waals surface area contributed by atoms with Gasteiger partial charge in [0.2, 0.25) is 0 Å². The second kappa shape index (κ2) is 5.20. The van der Waals surface area contributed by atoms with E-state index in [1.807, 2.05) is 0 Å². The van der Waals surface area contributed by atoms with Crippen molar-refractivity contribution in [3.05, 3.63) is 29.7 Å². The molecule has 0 aliphatic carbocycles. The van der Waals surface area contributed by atoms with E-state index in [2.05, 4.69) is 21.9 Å². The minimum absolute atomic E-state index is 0.199. The predicted molar refractivity (Wildman–Crippen MR) is 73.9 cm³/mol. The molecule has 1 atom stereocenters. The molecule has 3 heterocycles. The Morgan fingerprint density at radius 1 is 1.55 bits per heavy atom. The van der Waals surface area contributed by atoms with Gasteiger partial charge in [0.1, 0.15) is 5.56 Å². The molecule has 1 saturated heterocycles. The topological polar surface area (TPSA) is 70.7 Å². The Hall–Kier alpha value is -1.95. The number of carbonyl (C=O) groups is 1. The number of likely N-dealkylation sites (tertiary alicyclic amines) is 1. The first kappa shape index (κ1) is 13.1. The summed E-state index contributed by atoms with van der Waals surface area (Å²) in [5.41, 5.74) is 0.626. The number of carboxylic acid groups (broad SMARTS) is 1. The Morgan fingerprint density at radius 3 is 3.15 bits per heavy atom. The minimum Gasteiger partial charge on any atom is -0.478 e. The fraction of sp³-hybridized carbons (Fsp3) is 0.500. The Kier molecular flexibility index (Phi) is 3.40. The molecule has 2 aromatic heterocycles. The van der Waals surface area contributed by atoms with E-state index in [9.17, 15) is 4.79 Å². The molecule has 3 rings (SSSR count). The lowest BCUT2D eigenvalue weighted by Gasteiger charge is -2.21. The van der Waals surface area contributed by atoms with Gasteiger partial charge in [-0.05, 0) is 38.1 Å². The minimum atomic E-state index is -0.967. The van der Waals surface area contributed by atoms with Crippen LogP contribution in [0.5, 0.6) is 0 Å². The van der Waals surface area contributed by atoms with Crippen LogP contribution in [0.25, 0.3) is 5.65 Å². The molecule has 1 unspecified atom stereocenters. The van der Waals surface area contributed by atoms with Gasteiger partial charge in [0, 0.05) is 18.7 Å². The van der Waals surface area contributed by atoms with Gasteiger partial charge in [-0.3, -0.25) is 0 Å². The number of likely N-dealkylation sites (N-methyl/N-ethyl adjacent to an activating group) is 1. The first-order chi connectivity index (χ1) is 9.69. The monoisotopic (exact) mass is 274 g/mol. The van der Waals surface area contributed by atoms with Crippen molar-refractivity contribution in [3.63, 3.8) is 0 Å². The van der Waals surface area contributed by atoms with Gasteiger partial charge < -0.3 is 10.0 Å². The number of hydrogen-bond donors (Lipinski definition) is 1. The van der Waals surface area contributed by atoms with E-state index in [1.165, 1.54) is 6.42 Å². The molecular weight excluding hydrogens is 256 g/mol. The van der Waals surface area contributed by atoms with Crippen molar-refractivity contribution in [2.75, 3.05) is 13.1 Å². The quantitative estimate of drug-likeness (QED) is 0.913. The summed E-state index contributed by atoms with van der Waals surface area (Å²) in [5.74, 6) is -0.241. The van der Waals surface area contributed by atoms with Gasteiger partial charge in [-0.2, -0.15) is 5.10 Å². The zero-order valence-corrected chi connectivity index (χ0v) is 11.5. The molecule has 6 nitrogen and oxygen atoms in total. The molecule has 0 radical (unpaired) electrons. The smallest absolute Gasteiger partial charge is 0.339 e. The normalized spacial score (nSPS) is 19.8. The summed E-state index contributed by atoms with van der Waals surface area (Å²) < 4.78 is 1.56. The SMILES string of the molecule is CCN1CCCC1Cc1nc2c(C(=O)O)cccn2n1. The van der Waals surface area contributed by atoms with E-state index in [1.54, 1.807) is 22.8 Å². The lowest BCUT2D eigenvalue weighted by molar-refractivity contribution is 0.0698. The molecule has 0 amide bonds. The highest BCUT2D eigenvalue weighted by atomic mass is 16.4. The van der Waals surface area contributed by atoms with E-state index in [0.717, 1.165) is 31.8 Å². The first-order valence-corrected chi connectivity index (χ1v) is 7.00. The van der Waals surface area contributed by atoms with Crippen molar-refractivity contribution in [1.29, 1.82) is 0 Å². The van der Waals surface area contributed by atoms with Crippen molar-refractivity contribution < 1.29 is 9.90 Å². The molecule has 106 valence electrons. The van der Waals surface area contributed by atoms with Gasteiger partial charge >= 0.3 is 5.97 Å². The van der Waals surface area contributed by atoms with E-state index in [4.69, 9.17) is 5.11 Å². The predicted octanol–water partition coefficient (Wildman–Crippen LogP) is 1.45. The Bertz CT molecular complexity index is 637. The number of hydrogen-bond acceptors (Lipinski definition) is 4. The zero-order chi connectivity index (χ0) is 14.1. The lowest BCUT2D eigenvalue weighted by atomic mass is 10.1. The third-order valence-corrected chi connectivity index (χ3v) is 3.96. The van der Waals surface area contributed by atoms with Crippen LogP contribution in [-0.4, -0.2) is 49.7 Å². The number of rotatable bonds is 4. The molecule has 20 heavy (non-hydrogen) atoms. The van der Waals surface area contributed by atoms with Crippen LogP contribution in [0.15, 0.2) is 18.3 Å². The standard InChI is InChI=1S/C14H18N4O2/c1-2-17-7-3-5-10(17)9-12-15-13-11(14(19)20)6-4-8-18(13)16-12/h4,6,8,10H,2-3,5,7,9H2,1H3,(H,19,20). The Labute approximate surface area is 117 Å². The number of carboxylic acids is 1.